The second kappa shape index (κ2) is 10.6. The van der Waals surface area contributed by atoms with Gasteiger partial charge in [-0.25, -0.2) is 5.43 Å². The van der Waals surface area contributed by atoms with Gasteiger partial charge in [-0.15, -0.1) is 0 Å². The van der Waals surface area contributed by atoms with Gasteiger partial charge in [-0.05, 0) is 55.7 Å². The minimum absolute atomic E-state index is 0.00602. The standard InChI is InChI=1S/C25H26N4O5/c1-15(2)23(27-24(30)18-7-5-6-16(3)12-18)25(31)28-26-14-20-9-11-22(34-20)21-10-8-19(29(32)33)13-17(21)4/h5-15,23H,1-4H3,(H,27,30)(H,28,31)/b26-14+/t23-/m0/s1. The molecule has 2 amide bonds. The van der Waals surface area contributed by atoms with E-state index in [2.05, 4.69) is 15.8 Å². The summed E-state index contributed by atoms with van der Waals surface area (Å²) in [6, 6.07) is 14.2. The van der Waals surface area contributed by atoms with Crippen LogP contribution in [0.1, 0.15) is 41.1 Å². The van der Waals surface area contributed by atoms with E-state index in [1.807, 2.05) is 26.8 Å². The van der Waals surface area contributed by atoms with Crippen LogP contribution in [-0.4, -0.2) is 29.0 Å². The van der Waals surface area contributed by atoms with Crippen LogP contribution in [0.15, 0.2) is 64.1 Å². The van der Waals surface area contributed by atoms with Gasteiger partial charge in [0.15, 0.2) is 0 Å². The fourth-order valence-corrected chi connectivity index (χ4v) is 3.38. The van der Waals surface area contributed by atoms with Crippen molar-refractivity contribution in [3.8, 4) is 11.3 Å². The Kier molecular flexibility index (Phi) is 7.57. The molecule has 2 aromatic carbocycles. The zero-order chi connectivity index (χ0) is 24.8. The van der Waals surface area contributed by atoms with E-state index < -0.39 is 16.9 Å². The molecule has 0 aliphatic rings. The van der Waals surface area contributed by atoms with Crippen LogP contribution in [0.25, 0.3) is 11.3 Å². The molecule has 0 spiro atoms. The Balaban J connectivity index is 1.65. The summed E-state index contributed by atoms with van der Waals surface area (Å²) < 4.78 is 5.73. The molecular weight excluding hydrogens is 436 g/mol. The first kappa shape index (κ1) is 24.4. The highest BCUT2D eigenvalue weighted by Gasteiger charge is 2.24. The lowest BCUT2D eigenvalue weighted by molar-refractivity contribution is -0.384. The van der Waals surface area contributed by atoms with Crippen LogP contribution in [0.4, 0.5) is 5.69 Å². The number of nitrogens with one attached hydrogen (secondary N) is 2. The van der Waals surface area contributed by atoms with E-state index >= 15 is 0 Å². The van der Waals surface area contributed by atoms with E-state index in [-0.39, 0.29) is 17.5 Å². The number of non-ortho nitro benzene ring substituents is 1. The van der Waals surface area contributed by atoms with Gasteiger partial charge < -0.3 is 9.73 Å². The molecule has 0 aliphatic carbocycles. The van der Waals surface area contributed by atoms with Gasteiger partial charge in [-0.1, -0.05) is 31.5 Å². The molecule has 1 atom stereocenters. The number of nitro groups is 1. The van der Waals surface area contributed by atoms with Crippen molar-refractivity contribution in [2.45, 2.75) is 33.7 Å². The van der Waals surface area contributed by atoms with Crippen molar-refractivity contribution >= 4 is 23.7 Å². The zero-order valence-electron chi connectivity index (χ0n) is 19.4. The van der Waals surface area contributed by atoms with E-state index in [1.54, 1.807) is 43.3 Å². The lowest BCUT2D eigenvalue weighted by Gasteiger charge is -2.20. The summed E-state index contributed by atoms with van der Waals surface area (Å²) in [5.41, 5.74) is 5.29. The van der Waals surface area contributed by atoms with Gasteiger partial charge in [-0.2, -0.15) is 5.10 Å². The molecule has 0 fully saturated rings. The topological polar surface area (TPSA) is 127 Å². The zero-order valence-corrected chi connectivity index (χ0v) is 19.4. The first-order valence-electron chi connectivity index (χ1n) is 10.7. The van der Waals surface area contributed by atoms with Crippen molar-refractivity contribution in [3.63, 3.8) is 0 Å². The second-order valence-electron chi connectivity index (χ2n) is 8.26. The van der Waals surface area contributed by atoms with Crippen molar-refractivity contribution in [3.05, 3.63) is 87.2 Å². The van der Waals surface area contributed by atoms with Crippen molar-refractivity contribution in [2.24, 2.45) is 11.0 Å². The summed E-state index contributed by atoms with van der Waals surface area (Å²) in [7, 11) is 0. The molecule has 3 rings (SSSR count). The number of hydrogen-bond acceptors (Lipinski definition) is 6. The van der Waals surface area contributed by atoms with E-state index in [9.17, 15) is 19.7 Å². The van der Waals surface area contributed by atoms with Crippen molar-refractivity contribution < 1.29 is 18.9 Å². The first-order valence-corrected chi connectivity index (χ1v) is 10.7. The molecular formula is C25H26N4O5. The third-order valence-corrected chi connectivity index (χ3v) is 5.20. The number of hydrazone groups is 1. The van der Waals surface area contributed by atoms with Crippen LogP contribution in [0.5, 0.6) is 0 Å². The average Bonchev–Trinajstić information content (AvgIpc) is 3.25. The molecule has 0 aliphatic heterocycles. The van der Waals surface area contributed by atoms with Crippen LogP contribution in [0.3, 0.4) is 0 Å². The largest absolute Gasteiger partial charge is 0.455 e. The number of amides is 2. The summed E-state index contributed by atoms with van der Waals surface area (Å²) in [5, 5.41) is 17.6. The Hall–Kier alpha value is -4.27. The number of benzene rings is 2. The molecule has 0 saturated heterocycles. The molecule has 0 unspecified atom stereocenters. The minimum Gasteiger partial charge on any atom is -0.455 e. The summed E-state index contributed by atoms with van der Waals surface area (Å²) in [6.45, 7) is 7.31. The third kappa shape index (κ3) is 5.94. The van der Waals surface area contributed by atoms with Crippen molar-refractivity contribution in [2.75, 3.05) is 0 Å². The molecule has 0 radical (unpaired) electrons. The van der Waals surface area contributed by atoms with Gasteiger partial charge in [0.05, 0.1) is 11.1 Å². The number of carbonyl (C=O) groups excluding carboxylic acids is 2. The van der Waals surface area contributed by atoms with Crippen molar-refractivity contribution in [1.29, 1.82) is 0 Å². The summed E-state index contributed by atoms with van der Waals surface area (Å²) in [5.74, 6) is -0.0474. The summed E-state index contributed by atoms with van der Waals surface area (Å²) in [4.78, 5) is 35.7. The predicted octanol–water partition coefficient (Wildman–Crippen LogP) is 4.38. The molecule has 1 aromatic heterocycles. The highest BCUT2D eigenvalue weighted by atomic mass is 16.6. The maximum Gasteiger partial charge on any atom is 0.269 e. The lowest BCUT2D eigenvalue weighted by Crippen LogP contribution is -2.48. The maximum atomic E-state index is 12.6. The monoisotopic (exact) mass is 462 g/mol. The number of carbonyl (C=O) groups is 2. The van der Waals surface area contributed by atoms with E-state index in [0.29, 0.717) is 28.2 Å². The van der Waals surface area contributed by atoms with Crippen molar-refractivity contribution in [1.82, 2.24) is 10.7 Å². The molecule has 3 aromatic rings. The lowest BCUT2D eigenvalue weighted by atomic mass is 10.0. The van der Waals surface area contributed by atoms with Crippen LogP contribution in [0.2, 0.25) is 0 Å². The van der Waals surface area contributed by atoms with Crippen LogP contribution in [-0.2, 0) is 4.79 Å². The smallest absolute Gasteiger partial charge is 0.269 e. The van der Waals surface area contributed by atoms with E-state index in [1.165, 1.54) is 18.3 Å². The average molecular weight is 463 g/mol. The first-order chi connectivity index (χ1) is 16.2. The second-order valence-corrected chi connectivity index (χ2v) is 8.26. The number of hydrogen-bond donors (Lipinski definition) is 2. The molecule has 9 heteroatoms. The number of nitro benzene ring substituents is 1. The molecule has 1 heterocycles. The van der Waals surface area contributed by atoms with Crippen LogP contribution < -0.4 is 10.7 Å². The Labute approximate surface area is 197 Å². The number of rotatable bonds is 8. The highest BCUT2D eigenvalue weighted by Crippen LogP contribution is 2.28. The van der Waals surface area contributed by atoms with Gasteiger partial charge in [-0.3, -0.25) is 19.7 Å². The van der Waals surface area contributed by atoms with Gasteiger partial charge in [0.25, 0.3) is 17.5 Å². The number of nitrogens with zero attached hydrogens (tertiary/aromatic N) is 2. The summed E-state index contributed by atoms with van der Waals surface area (Å²) >= 11 is 0. The van der Waals surface area contributed by atoms with Gasteiger partial charge in [0.1, 0.15) is 17.6 Å². The van der Waals surface area contributed by atoms with Gasteiger partial charge in [0.2, 0.25) is 0 Å². The normalized spacial score (nSPS) is 12.0. The fourth-order valence-electron chi connectivity index (χ4n) is 3.38. The SMILES string of the molecule is Cc1cccc(C(=O)N[C@H](C(=O)N/N=C/c2ccc(-c3ccc([N+](=O)[O-])cc3C)o2)C(C)C)c1. The number of aryl methyl sites for hydroxylation is 2. The number of furan rings is 1. The van der Waals surface area contributed by atoms with Crippen LogP contribution in [0, 0.1) is 29.9 Å². The predicted molar refractivity (Wildman–Crippen MR) is 129 cm³/mol. The van der Waals surface area contributed by atoms with Gasteiger partial charge >= 0.3 is 0 Å². The molecule has 0 saturated carbocycles. The Morgan fingerprint density at radius 2 is 1.85 bits per heavy atom. The molecule has 0 bridgehead atoms. The van der Waals surface area contributed by atoms with Gasteiger partial charge in [0, 0.05) is 23.3 Å². The van der Waals surface area contributed by atoms with E-state index in [0.717, 1.165) is 5.56 Å². The quantitative estimate of drug-likeness (QED) is 0.292. The van der Waals surface area contributed by atoms with Crippen LogP contribution >= 0.6 is 0 Å². The summed E-state index contributed by atoms with van der Waals surface area (Å²) in [6.07, 6.45) is 1.35. The Morgan fingerprint density at radius 3 is 2.50 bits per heavy atom. The molecule has 2 N–H and O–H groups in total. The third-order valence-electron chi connectivity index (χ3n) is 5.20. The fraction of sp³-hybridized carbons (Fsp3) is 0.240. The molecule has 176 valence electrons. The maximum absolute atomic E-state index is 12.6. The van der Waals surface area contributed by atoms with E-state index in [4.69, 9.17) is 4.42 Å². The molecule has 34 heavy (non-hydrogen) atoms. The minimum atomic E-state index is -0.778. The molecule has 9 nitrogen and oxygen atoms in total. The highest BCUT2D eigenvalue weighted by molar-refractivity contribution is 5.97. The Morgan fingerprint density at radius 1 is 1.09 bits per heavy atom. The Bertz CT molecular complexity index is 1250.